The van der Waals surface area contributed by atoms with Crippen molar-refractivity contribution in [3.8, 4) is 11.6 Å². The summed E-state index contributed by atoms with van der Waals surface area (Å²) in [5.41, 5.74) is 7.20. The zero-order chi connectivity index (χ0) is 12.5. The second kappa shape index (κ2) is 4.23. The number of ether oxygens (including phenoxy) is 1. The van der Waals surface area contributed by atoms with Gasteiger partial charge < -0.3 is 10.5 Å². The standard InChI is InChI=1S/C13H10ClN3O/c14-9-4-5-10(15)11(8-9)18-13-3-1-2-12-16-6-7-17(12)13/h1-8H,15H2. The summed E-state index contributed by atoms with van der Waals surface area (Å²) in [5.74, 6) is 1.17. The van der Waals surface area contributed by atoms with Crippen LogP contribution in [0.5, 0.6) is 11.6 Å². The molecule has 3 rings (SSSR count). The highest BCUT2D eigenvalue weighted by molar-refractivity contribution is 6.30. The van der Waals surface area contributed by atoms with Crippen LogP contribution in [0.3, 0.4) is 0 Å². The van der Waals surface area contributed by atoms with Crippen molar-refractivity contribution in [2.45, 2.75) is 0 Å². The molecule has 5 heteroatoms. The molecule has 90 valence electrons. The van der Waals surface area contributed by atoms with Crippen LogP contribution >= 0.6 is 11.6 Å². The van der Waals surface area contributed by atoms with E-state index >= 15 is 0 Å². The zero-order valence-electron chi connectivity index (χ0n) is 9.38. The summed E-state index contributed by atoms with van der Waals surface area (Å²) in [4.78, 5) is 4.19. The van der Waals surface area contributed by atoms with Crippen LogP contribution in [0, 0.1) is 0 Å². The zero-order valence-corrected chi connectivity index (χ0v) is 10.1. The molecule has 18 heavy (non-hydrogen) atoms. The largest absolute Gasteiger partial charge is 0.438 e. The monoisotopic (exact) mass is 259 g/mol. The molecule has 4 nitrogen and oxygen atoms in total. The Bertz CT molecular complexity index is 708. The second-order valence-corrected chi connectivity index (χ2v) is 4.24. The van der Waals surface area contributed by atoms with Gasteiger partial charge in [0.05, 0.1) is 5.69 Å². The molecule has 0 fully saturated rings. The van der Waals surface area contributed by atoms with E-state index in [-0.39, 0.29) is 0 Å². The topological polar surface area (TPSA) is 52.5 Å². The van der Waals surface area contributed by atoms with Gasteiger partial charge in [-0.2, -0.15) is 0 Å². The third-order valence-corrected chi connectivity index (χ3v) is 2.82. The van der Waals surface area contributed by atoms with Gasteiger partial charge in [-0.15, -0.1) is 0 Å². The smallest absolute Gasteiger partial charge is 0.205 e. The first kappa shape index (κ1) is 10.9. The van der Waals surface area contributed by atoms with Gasteiger partial charge in [0.2, 0.25) is 5.88 Å². The number of nitrogens with two attached hydrogens (primary N) is 1. The summed E-state index contributed by atoms with van der Waals surface area (Å²) in [6.45, 7) is 0. The number of halogens is 1. The molecule has 0 spiro atoms. The number of hydrogen-bond acceptors (Lipinski definition) is 3. The molecular formula is C13H10ClN3O. The van der Waals surface area contributed by atoms with Crippen molar-refractivity contribution in [3.63, 3.8) is 0 Å². The van der Waals surface area contributed by atoms with E-state index in [0.717, 1.165) is 5.65 Å². The number of aromatic nitrogens is 2. The van der Waals surface area contributed by atoms with Crippen molar-refractivity contribution < 1.29 is 4.74 Å². The van der Waals surface area contributed by atoms with Crippen LogP contribution < -0.4 is 10.5 Å². The normalized spacial score (nSPS) is 10.7. The molecule has 0 saturated carbocycles. The summed E-state index contributed by atoms with van der Waals surface area (Å²) in [5, 5.41) is 0.581. The van der Waals surface area contributed by atoms with E-state index in [1.54, 1.807) is 24.4 Å². The molecular weight excluding hydrogens is 250 g/mol. The first-order chi connectivity index (χ1) is 8.74. The van der Waals surface area contributed by atoms with E-state index in [1.807, 2.05) is 28.8 Å². The molecule has 0 bridgehead atoms. The number of pyridine rings is 1. The number of fused-ring (bicyclic) bond motifs is 1. The molecule has 0 atom stereocenters. The molecule has 2 heterocycles. The van der Waals surface area contributed by atoms with Gasteiger partial charge in [-0.1, -0.05) is 17.7 Å². The molecule has 1 aromatic carbocycles. The van der Waals surface area contributed by atoms with Gasteiger partial charge in [-0.25, -0.2) is 4.98 Å². The van der Waals surface area contributed by atoms with Gasteiger partial charge in [0.15, 0.2) is 5.75 Å². The number of rotatable bonds is 2. The molecule has 0 aliphatic heterocycles. The van der Waals surface area contributed by atoms with E-state index in [0.29, 0.717) is 22.3 Å². The highest BCUT2D eigenvalue weighted by atomic mass is 35.5. The lowest BCUT2D eigenvalue weighted by Crippen LogP contribution is -1.96. The maximum Gasteiger partial charge on any atom is 0.205 e. The highest BCUT2D eigenvalue weighted by Gasteiger charge is 2.06. The number of hydrogen-bond donors (Lipinski definition) is 1. The molecule has 3 aromatic rings. The van der Waals surface area contributed by atoms with Gasteiger partial charge in [0.25, 0.3) is 0 Å². The molecule has 2 aromatic heterocycles. The predicted molar refractivity (Wildman–Crippen MR) is 71.1 cm³/mol. The van der Waals surface area contributed by atoms with Crippen LogP contribution in [0.1, 0.15) is 0 Å². The van der Waals surface area contributed by atoms with Crippen molar-refractivity contribution in [2.75, 3.05) is 5.73 Å². The fraction of sp³-hybridized carbons (Fsp3) is 0. The van der Waals surface area contributed by atoms with E-state index in [9.17, 15) is 0 Å². The predicted octanol–water partition coefficient (Wildman–Crippen LogP) is 3.36. The Kier molecular flexibility index (Phi) is 2.57. The fourth-order valence-corrected chi connectivity index (χ4v) is 1.88. The van der Waals surface area contributed by atoms with Crippen LogP contribution in [0.15, 0.2) is 48.8 Å². The molecule has 0 unspecified atom stereocenters. The SMILES string of the molecule is Nc1ccc(Cl)cc1Oc1cccc2nccn12. The lowest BCUT2D eigenvalue weighted by atomic mass is 10.3. The van der Waals surface area contributed by atoms with Gasteiger partial charge >= 0.3 is 0 Å². The van der Waals surface area contributed by atoms with Crippen LogP contribution in [0.2, 0.25) is 5.02 Å². The van der Waals surface area contributed by atoms with Gasteiger partial charge in [-0.3, -0.25) is 4.40 Å². The minimum atomic E-state index is 0.531. The maximum absolute atomic E-state index is 5.93. The van der Waals surface area contributed by atoms with Gasteiger partial charge in [0, 0.05) is 23.5 Å². The summed E-state index contributed by atoms with van der Waals surface area (Å²) < 4.78 is 7.61. The molecule has 0 aliphatic rings. The third-order valence-electron chi connectivity index (χ3n) is 2.58. The molecule has 0 amide bonds. The van der Waals surface area contributed by atoms with Crippen LogP contribution in [0.25, 0.3) is 5.65 Å². The Hall–Kier alpha value is -2.20. The minimum Gasteiger partial charge on any atom is -0.438 e. The summed E-state index contributed by atoms with van der Waals surface area (Å²) >= 11 is 5.93. The Morgan fingerprint density at radius 3 is 3.00 bits per heavy atom. The van der Waals surface area contributed by atoms with Crippen LogP contribution in [0.4, 0.5) is 5.69 Å². The van der Waals surface area contributed by atoms with E-state index in [2.05, 4.69) is 4.98 Å². The minimum absolute atomic E-state index is 0.531. The van der Waals surface area contributed by atoms with E-state index in [1.165, 1.54) is 0 Å². The van der Waals surface area contributed by atoms with Crippen molar-refractivity contribution in [2.24, 2.45) is 0 Å². The van der Waals surface area contributed by atoms with Crippen molar-refractivity contribution in [1.29, 1.82) is 0 Å². The lowest BCUT2D eigenvalue weighted by molar-refractivity contribution is 0.458. The van der Waals surface area contributed by atoms with Crippen molar-refractivity contribution in [1.82, 2.24) is 9.38 Å². The molecule has 0 aliphatic carbocycles. The summed E-state index contributed by atoms with van der Waals surface area (Å²) in [6.07, 6.45) is 3.54. The summed E-state index contributed by atoms with van der Waals surface area (Å²) in [7, 11) is 0. The first-order valence-electron chi connectivity index (χ1n) is 5.39. The quantitative estimate of drug-likeness (QED) is 0.718. The number of imidazole rings is 1. The van der Waals surface area contributed by atoms with E-state index in [4.69, 9.17) is 22.1 Å². The highest BCUT2D eigenvalue weighted by Crippen LogP contribution is 2.30. The van der Waals surface area contributed by atoms with Crippen molar-refractivity contribution >= 4 is 22.9 Å². The Morgan fingerprint density at radius 2 is 2.11 bits per heavy atom. The van der Waals surface area contributed by atoms with Gasteiger partial charge in [-0.05, 0) is 24.3 Å². The lowest BCUT2D eigenvalue weighted by Gasteiger charge is -2.10. The average Bonchev–Trinajstić information content (AvgIpc) is 2.83. The molecule has 0 saturated heterocycles. The molecule has 2 N–H and O–H groups in total. The first-order valence-corrected chi connectivity index (χ1v) is 5.77. The third kappa shape index (κ3) is 1.87. The maximum atomic E-state index is 5.93. The van der Waals surface area contributed by atoms with Crippen molar-refractivity contribution in [3.05, 3.63) is 53.8 Å². The second-order valence-electron chi connectivity index (χ2n) is 3.80. The summed E-state index contributed by atoms with van der Waals surface area (Å²) in [6, 6.07) is 10.7. The number of nitrogens with zero attached hydrogens (tertiary/aromatic N) is 2. The average molecular weight is 260 g/mol. The van der Waals surface area contributed by atoms with Crippen LogP contribution in [-0.4, -0.2) is 9.38 Å². The Morgan fingerprint density at radius 1 is 1.22 bits per heavy atom. The Balaban J connectivity index is 2.06. The molecule has 0 radical (unpaired) electrons. The van der Waals surface area contributed by atoms with Gasteiger partial charge in [0.1, 0.15) is 5.65 Å². The number of nitrogen functional groups attached to an aromatic ring is 1. The van der Waals surface area contributed by atoms with E-state index < -0.39 is 0 Å². The number of anilines is 1. The Labute approximate surface area is 109 Å². The fourth-order valence-electron chi connectivity index (χ4n) is 1.71. The van der Waals surface area contributed by atoms with Crippen LogP contribution in [-0.2, 0) is 0 Å². The number of benzene rings is 1.